The molecule has 0 aliphatic rings. The third-order valence-corrected chi connectivity index (χ3v) is 3.94. The van der Waals surface area contributed by atoms with E-state index < -0.39 is 16.8 Å². The first-order valence-corrected chi connectivity index (χ1v) is 8.33. The van der Waals surface area contributed by atoms with E-state index in [9.17, 15) is 18.0 Å². The smallest absolute Gasteiger partial charge is 0.417 e. The quantitative estimate of drug-likeness (QED) is 0.682. The average Bonchev–Trinajstić information content (AvgIpc) is 2.57. The van der Waals surface area contributed by atoms with Crippen LogP contribution in [0, 0.1) is 0 Å². The topological polar surface area (TPSA) is 41.6 Å². The Hall–Kier alpha value is -2.41. The van der Waals surface area contributed by atoms with E-state index in [4.69, 9.17) is 16.3 Å². The molecule has 26 heavy (non-hydrogen) atoms. The number of anilines is 1. The number of alkyl halides is 3. The molecule has 0 unspecified atom stereocenters. The van der Waals surface area contributed by atoms with Crippen LogP contribution in [-0.4, -0.2) is 24.0 Å². The number of carbonyl (C=O) groups is 1. The zero-order chi connectivity index (χ0) is 19.3. The van der Waals surface area contributed by atoms with E-state index in [0.717, 1.165) is 12.1 Å². The number of hydrogen-bond donors (Lipinski definition) is 1. The predicted molar refractivity (Wildman–Crippen MR) is 94.9 cm³/mol. The van der Waals surface area contributed by atoms with Crippen LogP contribution in [-0.2, 0) is 6.18 Å². The molecule has 2 rings (SSSR count). The van der Waals surface area contributed by atoms with E-state index in [0.29, 0.717) is 18.8 Å². The molecule has 2 amide bonds. The maximum absolute atomic E-state index is 12.9. The SMILES string of the molecule is CCN(CC)C(=O)Nc1cccc(Oc2ccc(Cl)c(C(F)(F)F)c2)c1. The van der Waals surface area contributed by atoms with Gasteiger partial charge in [0.1, 0.15) is 11.5 Å². The van der Waals surface area contributed by atoms with Gasteiger partial charge in [-0.25, -0.2) is 4.79 Å². The molecule has 0 aliphatic heterocycles. The normalized spacial score (nSPS) is 11.2. The van der Waals surface area contributed by atoms with Gasteiger partial charge in [-0.15, -0.1) is 0 Å². The van der Waals surface area contributed by atoms with Gasteiger partial charge in [0, 0.05) is 24.8 Å². The molecule has 0 fully saturated rings. The number of ether oxygens (including phenoxy) is 1. The number of urea groups is 1. The van der Waals surface area contributed by atoms with Gasteiger partial charge < -0.3 is 15.0 Å². The molecule has 2 aromatic carbocycles. The molecule has 8 heteroatoms. The first-order chi connectivity index (χ1) is 12.2. The van der Waals surface area contributed by atoms with E-state index in [1.807, 2.05) is 13.8 Å². The number of hydrogen-bond acceptors (Lipinski definition) is 2. The molecule has 2 aromatic rings. The number of nitrogens with one attached hydrogen (secondary N) is 1. The van der Waals surface area contributed by atoms with Crippen molar-refractivity contribution in [3.63, 3.8) is 0 Å². The second-order valence-corrected chi connectivity index (χ2v) is 5.78. The molecular weight excluding hydrogens is 369 g/mol. The Kier molecular flexibility index (Phi) is 6.37. The van der Waals surface area contributed by atoms with Gasteiger partial charge in [-0.2, -0.15) is 13.2 Å². The van der Waals surface area contributed by atoms with E-state index in [2.05, 4.69) is 5.32 Å². The molecule has 0 saturated carbocycles. The van der Waals surface area contributed by atoms with Crippen molar-refractivity contribution in [1.82, 2.24) is 4.90 Å². The van der Waals surface area contributed by atoms with E-state index in [1.165, 1.54) is 12.1 Å². The van der Waals surface area contributed by atoms with Gasteiger partial charge in [0.05, 0.1) is 10.6 Å². The minimum atomic E-state index is -4.57. The summed E-state index contributed by atoms with van der Waals surface area (Å²) in [4.78, 5) is 13.7. The molecule has 4 nitrogen and oxygen atoms in total. The van der Waals surface area contributed by atoms with Gasteiger partial charge in [0.15, 0.2) is 0 Å². The van der Waals surface area contributed by atoms with Crippen LogP contribution in [0.3, 0.4) is 0 Å². The van der Waals surface area contributed by atoms with Gasteiger partial charge in [0.2, 0.25) is 0 Å². The number of rotatable bonds is 5. The minimum Gasteiger partial charge on any atom is -0.457 e. The van der Waals surface area contributed by atoms with Crippen LogP contribution >= 0.6 is 11.6 Å². The molecule has 0 heterocycles. The number of carbonyl (C=O) groups excluding carboxylic acids is 1. The summed E-state index contributed by atoms with van der Waals surface area (Å²) in [6.45, 7) is 4.84. The number of nitrogens with zero attached hydrogens (tertiary/aromatic N) is 1. The maximum atomic E-state index is 12.9. The van der Waals surface area contributed by atoms with E-state index in [1.54, 1.807) is 23.1 Å². The van der Waals surface area contributed by atoms with Crippen LogP contribution in [0.15, 0.2) is 42.5 Å². The summed E-state index contributed by atoms with van der Waals surface area (Å²) in [6.07, 6.45) is -4.57. The summed E-state index contributed by atoms with van der Waals surface area (Å²) in [6, 6.07) is 9.45. The van der Waals surface area contributed by atoms with Crippen LogP contribution in [0.2, 0.25) is 5.02 Å². The lowest BCUT2D eigenvalue weighted by Gasteiger charge is -2.19. The zero-order valence-corrected chi connectivity index (χ0v) is 15.0. The summed E-state index contributed by atoms with van der Waals surface area (Å²) in [5.74, 6) is 0.284. The van der Waals surface area contributed by atoms with Crippen molar-refractivity contribution < 1.29 is 22.7 Å². The van der Waals surface area contributed by atoms with Gasteiger partial charge >= 0.3 is 12.2 Å². The van der Waals surface area contributed by atoms with Gasteiger partial charge in [0.25, 0.3) is 0 Å². The first-order valence-electron chi connectivity index (χ1n) is 7.95. The highest BCUT2D eigenvalue weighted by Crippen LogP contribution is 2.37. The van der Waals surface area contributed by atoms with Crippen molar-refractivity contribution in [3.8, 4) is 11.5 Å². The lowest BCUT2D eigenvalue weighted by molar-refractivity contribution is -0.137. The highest BCUT2D eigenvalue weighted by Gasteiger charge is 2.33. The standard InChI is InChI=1S/C18H18ClF3N2O2/c1-3-24(4-2)17(25)23-12-6-5-7-13(10-12)26-14-8-9-16(19)15(11-14)18(20,21)22/h5-11H,3-4H2,1-2H3,(H,23,25). The average molecular weight is 387 g/mol. The third kappa shape index (κ3) is 5.05. The Bertz CT molecular complexity index is 777. The lowest BCUT2D eigenvalue weighted by atomic mass is 10.2. The van der Waals surface area contributed by atoms with E-state index in [-0.39, 0.29) is 17.5 Å². The summed E-state index contributed by atoms with van der Waals surface area (Å²) in [7, 11) is 0. The molecule has 0 aliphatic carbocycles. The minimum absolute atomic E-state index is 0.00561. The Morgan fingerprint density at radius 1 is 1.12 bits per heavy atom. The van der Waals surface area contributed by atoms with E-state index >= 15 is 0 Å². The molecule has 0 saturated heterocycles. The van der Waals surface area contributed by atoms with Gasteiger partial charge in [-0.1, -0.05) is 17.7 Å². The Labute approximate surface area is 154 Å². The van der Waals surface area contributed by atoms with Crippen molar-refractivity contribution in [1.29, 1.82) is 0 Å². The molecule has 0 spiro atoms. The van der Waals surface area contributed by atoms with Crippen LogP contribution in [0.1, 0.15) is 19.4 Å². The number of amides is 2. The molecule has 140 valence electrons. The first kappa shape index (κ1) is 19.9. The predicted octanol–water partition coefficient (Wildman–Crippen LogP) is 6.02. The largest absolute Gasteiger partial charge is 0.457 e. The summed E-state index contributed by atoms with van der Waals surface area (Å²) in [5, 5.41) is 2.32. The second kappa shape index (κ2) is 8.31. The highest BCUT2D eigenvalue weighted by atomic mass is 35.5. The van der Waals surface area contributed by atoms with Crippen LogP contribution in [0.4, 0.5) is 23.7 Å². The second-order valence-electron chi connectivity index (χ2n) is 5.37. The fraction of sp³-hybridized carbons (Fsp3) is 0.278. The third-order valence-electron chi connectivity index (χ3n) is 3.61. The molecule has 0 radical (unpaired) electrons. The maximum Gasteiger partial charge on any atom is 0.417 e. The molecule has 0 atom stereocenters. The Morgan fingerprint density at radius 3 is 2.38 bits per heavy atom. The summed E-state index contributed by atoms with van der Waals surface area (Å²) >= 11 is 5.60. The van der Waals surface area contributed by atoms with Crippen LogP contribution in [0.5, 0.6) is 11.5 Å². The van der Waals surface area contributed by atoms with Crippen molar-refractivity contribution >= 4 is 23.3 Å². The number of halogens is 4. The van der Waals surface area contributed by atoms with Crippen molar-refractivity contribution in [2.45, 2.75) is 20.0 Å². The summed E-state index contributed by atoms with van der Waals surface area (Å²) in [5.41, 5.74) is -0.493. The zero-order valence-electron chi connectivity index (χ0n) is 14.2. The van der Waals surface area contributed by atoms with Gasteiger partial charge in [-0.3, -0.25) is 0 Å². The molecule has 1 N–H and O–H groups in total. The van der Waals surface area contributed by atoms with Crippen molar-refractivity contribution in [2.24, 2.45) is 0 Å². The molecule has 0 aromatic heterocycles. The Balaban J connectivity index is 2.18. The van der Waals surface area contributed by atoms with Crippen LogP contribution in [0.25, 0.3) is 0 Å². The monoisotopic (exact) mass is 386 g/mol. The fourth-order valence-corrected chi connectivity index (χ4v) is 2.50. The highest BCUT2D eigenvalue weighted by molar-refractivity contribution is 6.31. The fourth-order valence-electron chi connectivity index (χ4n) is 2.27. The van der Waals surface area contributed by atoms with Crippen LogP contribution < -0.4 is 10.1 Å². The lowest BCUT2D eigenvalue weighted by Crippen LogP contribution is -2.34. The summed E-state index contributed by atoms with van der Waals surface area (Å²) < 4.78 is 44.3. The Morgan fingerprint density at radius 2 is 1.77 bits per heavy atom. The van der Waals surface area contributed by atoms with Crippen molar-refractivity contribution in [2.75, 3.05) is 18.4 Å². The molecule has 0 bridgehead atoms. The number of benzene rings is 2. The van der Waals surface area contributed by atoms with Crippen molar-refractivity contribution in [3.05, 3.63) is 53.1 Å². The molecular formula is C18H18ClF3N2O2. The van der Waals surface area contributed by atoms with Gasteiger partial charge in [-0.05, 0) is 44.2 Å².